The fraction of sp³-hybridized carbons (Fsp3) is 0.250. The van der Waals surface area contributed by atoms with Gasteiger partial charge in [0.25, 0.3) is 5.91 Å². The molecular weight excluding hydrogens is 539 g/mol. The molecular formula is C28H29FN4O4S2. The summed E-state index contributed by atoms with van der Waals surface area (Å²) in [5, 5.41) is 5.86. The molecule has 0 spiro atoms. The van der Waals surface area contributed by atoms with Crippen molar-refractivity contribution >= 4 is 48.8 Å². The van der Waals surface area contributed by atoms with Crippen LogP contribution in [0.4, 0.5) is 9.52 Å². The molecule has 0 saturated heterocycles. The molecule has 204 valence electrons. The molecule has 0 aliphatic heterocycles. The van der Waals surface area contributed by atoms with Gasteiger partial charge in [-0.3, -0.25) is 4.79 Å². The van der Waals surface area contributed by atoms with E-state index in [1.165, 1.54) is 58.3 Å². The van der Waals surface area contributed by atoms with Gasteiger partial charge in [-0.25, -0.2) is 17.8 Å². The number of halogens is 1. The van der Waals surface area contributed by atoms with Gasteiger partial charge in [0.2, 0.25) is 15.2 Å². The zero-order valence-corrected chi connectivity index (χ0v) is 23.5. The largest absolute Gasteiger partial charge is 0.497 e. The van der Waals surface area contributed by atoms with E-state index < -0.39 is 15.9 Å². The normalized spacial score (nSPS) is 11.9. The summed E-state index contributed by atoms with van der Waals surface area (Å²) in [6, 6.07) is 16.9. The zero-order chi connectivity index (χ0) is 28.0. The second-order valence-corrected chi connectivity index (χ2v) is 11.6. The van der Waals surface area contributed by atoms with Crippen molar-refractivity contribution < 1.29 is 22.3 Å². The maximum Gasteiger partial charge on any atom is 0.280 e. The number of thiazole rings is 1. The minimum absolute atomic E-state index is 0.120. The summed E-state index contributed by atoms with van der Waals surface area (Å²) >= 11 is 1.26. The maximum atomic E-state index is 13.7. The first kappa shape index (κ1) is 28.3. The zero-order valence-electron chi connectivity index (χ0n) is 21.9. The van der Waals surface area contributed by atoms with E-state index in [9.17, 15) is 17.6 Å². The van der Waals surface area contributed by atoms with Gasteiger partial charge in [0.15, 0.2) is 0 Å². The van der Waals surface area contributed by atoms with Gasteiger partial charge >= 0.3 is 0 Å². The molecule has 1 heterocycles. The Hall–Kier alpha value is -3.67. The molecule has 0 bridgehead atoms. The van der Waals surface area contributed by atoms with Crippen LogP contribution in [-0.4, -0.2) is 50.0 Å². The van der Waals surface area contributed by atoms with Crippen molar-refractivity contribution in [3.05, 3.63) is 83.7 Å². The number of hydrogen-bond acceptors (Lipinski definition) is 7. The minimum Gasteiger partial charge on any atom is -0.497 e. The molecule has 0 aliphatic carbocycles. The number of sulfonamides is 1. The standard InChI is InChI=1S/C28H29FN4O4S2/c1-4-16-32(17-5-2)39(35,36)24-13-8-21(9-14-24)27(34)33(30-19-20-6-10-22(29)11-7-20)28-31-25-15-12-23(37-3)18-26(25)38-28/h6-15,18-19H,4-5,16-17H2,1-3H3/b30-19+. The van der Waals surface area contributed by atoms with E-state index in [1.54, 1.807) is 31.4 Å². The van der Waals surface area contributed by atoms with Gasteiger partial charge in [-0.05, 0) is 73.0 Å². The van der Waals surface area contributed by atoms with Gasteiger partial charge in [0.1, 0.15) is 11.6 Å². The second kappa shape index (κ2) is 12.5. The lowest BCUT2D eigenvalue weighted by Crippen LogP contribution is -2.32. The van der Waals surface area contributed by atoms with Crippen LogP contribution in [0, 0.1) is 5.82 Å². The van der Waals surface area contributed by atoms with Crippen molar-refractivity contribution in [3.63, 3.8) is 0 Å². The molecule has 0 fully saturated rings. The first-order valence-electron chi connectivity index (χ1n) is 12.5. The molecule has 0 N–H and O–H groups in total. The molecule has 3 aromatic carbocycles. The number of hydrogen-bond donors (Lipinski definition) is 0. The maximum absolute atomic E-state index is 13.7. The number of nitrogens with zero attached hydrogens (tertiary/aromatic N) is 4. The van der Waals surface area contributed by atoms with Crippen LogP contribution in [0.3, 0.4) is 0 Å². The Morgan fingerprint density at radius 3 is 2.31 bits per heavy atom. The molecule has 0 unspecified atom stereocenters. The fourth-order valence-electron chi connectivity index (χ4n) is 3.86. The molecule has 0 aliphatic rings. The summed E-state index contributed by atoms with van der Waals surface area (Å²) < 4.78 is 47.2. The Morgan fingerprint density at radius 1 is 1.03 bits per heavy atom. The number of methoxy groups -OCH3 is 1. The predicted octanol–water partition coefficient (Wildman–Crippen LogP) is 5.94. The average molecular weight is 569 g/mol. The van der Waals surface area contributed by atoms with Crippen LogP contribution < -0.4 is 9.75 Å². The van der Waals surface area contributed by atoms with Gasteiger partial charge in [-0.2, -0.15) is 14.4 Å². The number of benzene rings is 3. The molecule has 1 aromatic heterocycles. The molecule has 4 aromatic rings. The Bertz CT molecular complexity index is 1560. The monoisotopic (exact) mass is 568 g/mol. The molecule has 0 saturated carbocycles. The Balaban J connectivity index is 1.69. The number of ether oxygens (including phenoxy) is 1. The summed E-state index contributed by atoms with van der Waals surface area (Å²) in [6.07, 6.45) is 2.84. The lowest BCUT2D eigenvalue weighted by molar-refractivity contribution is 0.0987. The SMILES string of the molecule is CCCN(CCC)S(=O)(=O)c1ccc(C(=O)N(/N=C/c2ccc(F)cc2)c2nc3ccc(OC)cc3s2)cc1. The molecule has 1 amide bonds. The molecule has 4 rings (SSSR count). The number of fused-ring (bicyclic) bond motifs is 1. The van der Waals surface area contributed by atoms with E-state index in [0.717, 1.165) is 9.71 Å². The van der Waals surface area contributed by atoms with E-state index in [0.29, 0.717) is 47.9 Å². The third-order valence-corrected chi connectivity index (χ3v) is 8.74. The lowest BCUT2D eigenvalue weighted by atomic mass is 10.2. The van der Waals surface area contributed by atoms with Crippen molar-refractivity contribution in [1.29, 1.82) is 0 Å². The highest BCUT2D eigenvalue weighted by atomic mass is 32.2. The van der Waals surface area contributed by atoms with Gasteiger partial charge in [0, 0.05) is 18.7 Å². The first-order valence-corrected chi connectivity index (χ1v) is 14.7. The average Bonchev–Trinajstić information content (AvgIpc) is 3.37. The first-order chi connectivity index (χ1) is 18.8. The number of anilines is 1. The molecule has 39 heavy (non-hydrogen) atoms. The highest BCUT2D eigenvalue weighted by Crippen LogP contribution is 2.32. The summed E-state index contributed by atoms with van der Waals surface area (Å²) in [4.78, 5) is 18.3. The van der Waals surface area contributed by atoms with E-state index in [2.05, 4.69) is 10.1 Å². The minimum atomic E-state index is -3.69. The molecule has 8 nitrogen and oxygen atoms in total. The third kappa shape index (κ3) is 6.49. The Labute approximate surface area is 231 Å². The summed E-state index contributed by atoms with van der Waals surface area (Å²) in [5.41, 5.74) is 1.49. The van der Waals surface area contributed by atoms with Gasteiger partial charge < -0.3 is 4.74 Å². The molecule has 11 heteroatoms. The van der Waals surface area contributed by atoms with Crippen molar-refractivity contribution in [3.8, 4) is 5.75 Å². The Morgan fingerprint density at radius 2 is 1.69 bits per heavy atom. The summed E-state index contributed by atoms with van der Waals surface area (Å²) in [5.74, 6) is -0.226. The number of rotatable bonds is 11. The van der Waals surface area contributed by atoms with Crippen LogP contribution >= 0.6 is 11.3 Å². The third-order valence-electron chi connectivity index (χ3n) is 5.84. The van der Waals surface area contributed by atoms with Crippen molar-refractivity contribution in [2.24, 2.45) is 5.10 Å². The van der Waals surface area contributed by atoms with Crippen LogP contribution in [0.25, 0.3) is 10.2 Å². The van der Waals surface area contributed by atoms with Crippen molar-refractivity contribution in [1.82, 2.24) is 9.29 Å². The number of amides is 1. The number of aromatic nitrogens is 1. The van der Waals surface area contributed by atoms with Gasteiger partial charge in [-0.1, -0.05) is 37.3 Å². The van der Waals surface area contributed by atoms with E-state index in [4.69, 9.17) is 4.74 Å². The highest BCUT2D eigenvalue weighted by molar-refractivity contribution is 7.89. The quantitative estimate of drug-likeness (QED) is 0.165. The van der Waals surface area contributed by atoms with Crippen LogP contribution in [0.2, 0.25) is 0 Å². The molecule has 0 atom stereocenters. The van der Waals surface area contributed by atoms with Crippen molar-refractivity contribution in [2.75, 3.05) is 25.2 Å². The van der Waals surface area contributed by atoms with Crippen LogP contribution in [0.1, 0.15) is 42.6 Å². The number of carbonyl (C=O) groups excluding carboxylic acids is 1. The van der Waals surface area contributed by atoms with Crippen LogP contribution in [-0.2, 0) is 10.0 Å². The topological polar surface area (TPSA) is 92.2 Å². The van der Waals surface area contributed by atoms with Gasteiger partial charge in [0.05, 0.1) is 28.4 Å². The number of carbonyl (C=O) groups is 1. The Kier molecular flexibility index (Phi) is 9.05. The lowest BCUT2D eigenvalue weighted by Gasteiger charge is -2.21. The van der Waals surface area contributed by atoms with E-state index >= 15 is 0 Å². The molecule has 0 radical (unpaired) electrons. The van der Waals surface area contributed by atoms with Crippen molar-refractivity contribution in [2.45, 2.75) is 31.6 Å². The van der Waals surface area contributed by atoms with E-state index in [1.807, 2.05) is 19.9 Å². The second-order valence-electron chi connectivity index (χ2n) is 8.67. The smallest absolute Gasteiger partial charge is 0.280 e. The number of hydrazone groups is 1. The van der Waals surface area contributed by atoms with E-state index in [-0.39, 0.29) is 16.3 Å². The predicted molar refractivity (Wildman–Crippen MR) is 153 cm³/mol. The van der Waals surface area contributed by atoms with Gasteiger partial charge in [-0.15, -0.1) is 0 Å². The van der Waals surface area contributed by atoms with Crippen LogP contribution in [0.15, 0.2) is 76.7 Å². The highest BCUT2D eigenvalue weighted by Gasteiger charge is 2.25. The summed E-state index contributed by atoms with van der Waals surface area (Å²) in [6.45, 7) is 4.70. The van der Waals surface area contributed by atoms with Crippen LogP contribution in [0.5, 0.6) is 5.75 Å². The summed E-state index contributed by atoms with van der Waals surface area (Å²) in [7, 11) is -2.12. The fourth-order valence-corrected chi connectivity index (χ4v) is 6.44.